The third kappa shape index (κ3) is 10.5. The highest BCUT2D eigenvalue weighted by Gasteiger charge is 2.37. The third-order valence-corrected chi connectivity index (χ3v) is 7.87. The number of ether oxygens (including phenoxy) is 1. The summed E-state index contributed by atoms with van der Waals surface area (Å²) in [4.78, 5) is 4.21. The van der Waals surface area contributed by atoms with Crippen molar-refractivity contribution in [1.29, 1.82) is 0 Å². The van der Waals surface area contributed by atoms with Gasteiger partial charge in [-0.25, -0.2) is 0 Å². The molecule has 1 N–H and O–H groups in total. The van der Waals surface area contributed by atoms with Crippen LogP contribution in [0.25, 0.3) is 0 Å². The van der Waals surface area contributed by atoms with Crippen LogP contribution >= 0.6 is 12.4 Å². The monoisotopic (exact) mass is 704 g/mol. The molecular weight excluding hydrogens is 671 g/mol. The Labute approximate surface area is 270 Å². The number of nitrogens with zero attached hydrogens (tertiary/aromatic N) is 6. The first-order valence-corrected chi connectivity index (χ1v) is 14.5. The first-order valence-electron chi connectivity index (χ1n) is 14.5. The Bertz CT molecular complexity index is 1420. The molecule has 3 aromatic rings. The second-order valence-corrected chi connectivity index (χ2v) is 11.3. The van der Waals surface area contributed by atoms with Crippen LogP contribution in [0.4, 0.5) is 51.1 Å². The van der Waals surface area contributed by atoms with E-state index < -0.39 is 42.1 Å². The summed E-state index contributed by atoms with van der Waals surface area (Å²) in [7, 11) is 1.40. The van der Waals surface area contributed by atoms with Crippen molar-refractivity contribution >= 4 is 24.0 Å². The van der Waals surface area contributed by atoms with Crippen LogP contribution < -0.4 is 14.5 Å². The molecule has 0 bridgehead atoms. The third-order valence-electron chi connectivity index (χ3n) is 7.87. The number of hydrogen-bond acceptors (Lipinski definition) is 7. The lowest BCUT2D eigenvalue weighted by Crippen LogP contribution is -2.33. The lowest BCUT2D eigenvalue weighted by molar-refractivity contribution is -0.274. The number of aromatic nitrogens is 4. The number of tetrazole rings is 1. The van der Waals surface area contributed by atoms with Gasteiger partial charge in [-0.15, -0.1) is 30.7 Å². The Hall–Kier alpha value is -3.47. The van der Waals surface area contributed by atoms with Gasteiger partial charge >= 0.3 is 18.7 Å². The first kappa shape index (κ1) is 38.0. The molecule has 262 valence electrons. The molecule has 4 rings (SSSR count). The molecule has 8 nitrogen and oxygen atoms in total. The van der Waals surface area contributed by atoms with Gasteiger partial charge in [0.1, 0.15) is 5.75 Å². The zero-order valence-corrected chi connectivity index (χ0v) is 26.1. The number of aliphatic hydroxyl groups excluding tert-OH is 1. The Kier molecular flexibility index (Phi) is 12.3. The van der Waals surface area contributed by atoms with E-state index in [9.17, 15) is 44.6 Å². The molecule has 1 aromatic heterocycles. The molecule has 0 atom stereocenters. The zero-order valence-electron chi connectivity index (χ0n) is 25.3. The van der Waals surface area contributed by atoms with Crippen LogP contribution in [0.15, 0.2) is 36.4 Å². The highest BCUT2D eigenvalue weighted by Crippen LogP contribution is 2.38. The van der Waals surface area contributed by atoms with Crippen LogP contribution in [-0.4, -0.2) is 51.4 Å². The first-order chi connectivity index (χ1) is 21.4. The van der Waals surface area contributed by atoms with Gasteiger partial charge in [-0.05, 0) is 97.2 Å². The van der Waals surface area contributed by atoms with Gasteiger partial charge in [0.15, 0.2) is 0 Å². The smallest absolute Gasteiger partial charge is 0.406 e. The molecule has 18 heteroatoms. The maximum atomic E-state index is 13.6. The fourth-order valence-corrected chi connectivity index (χ4v) is 5.63. The number of benzene rings is 2. The van der Waals surface area contributed by atoms with Crippen molar-refractivity contribution in [2.24, 2.45) is 18.9 Å². The maximum absolute atomic E-state index is 13.6. The molecule has 0 spiro atoms. The van der Waals surface area contributed by atoms with Gasteiger partial charge in [0.05, 0.1) is 18.2 Å². The molecule has 0 unspecified atom stereocenters. The summed E-state index contributed by atoms with van der Waals surface area (Å²) in [5.41, 5.74) is -2.68. The van der Waals surface area contributed by atoms with Gasteiger partial charge < -0.3 is 19.6 Å². The van der Waals surface area contributed by atoms with E-state index in [1.54, 1.807) is 0 Å². The number of alkyl halides is 9. The van der Waals surface area contributed by atoms with Gasteiger partial charge in [0, 0.05) is 38.5 Å². The summed E-state index contributed by atoms with van der Waals surface area (Å²) >= 11 is 0. The largest absolute Gasteiger partial charge is 0.573 e. The SMILES string of the molecule is CCN(CC1CCC(CO)CC1)c1ccc(OC(F)(F)F)cc1CN(Cc1cc(C(F)(F)F)cc(C(F)(F)F)c1)c1nnn(C)n1.Cl. The van der Waals surface area contributed by atoms with Gasteiger partial charge in [-0.3, -0.25) is 0 Å². The number of rotatable bonds is 11. The average Bonchev–Trinajstić information content (AvgIpc) is 3.40. The van der Waals surface area contributed by atoms with E-state index in [2.05, 4.69) is 20.1 Å². The van der Waals surface area contributed by atoms with Crippen LogP contribution in [0.5, 0.6) is 5.75 Å². The quantitative estimate of drug-likeness (QED) is 0.209. The van der Waals surface area contributed by atoms with Crippen LogP contribution in [0.2, 0.25) is 0 Å². The van der Waals surface area contributed by atoms with Crippen LogP contribution in [0.1, 0.15) is 54.9 Å². The predicted molar refractivity (Wildman–Crippen MR) is 156 cm³/mol. The fraction of sp³-hybridized carbons (Fsp3) is 0.552. The second-order valence-electron chi connectivity index (χ2n) is 11.3. The van der Waals surface area contributed by atoms with Gasteiger partial charge in [0.25, 0.3) is 5.95 Å². The number of aryl methyl sites for hydroxylation is 1. The molecule has 0 radical (unpaired) electrons. The average molecular weight is 705 g/mol. The number of halogens is 10. The van der Waals surface area contributed by atoms with E-state index in [0.29, 0.717) is 30.9 Å². The van der Waals surface area contributed by atoms with Gasteiger partial charge in [0.2, 0.25) is 0 Å². The highest BCUT2D eigenvalue weighted by atomic mass is 35.5. The topological polar surface area (TPSA) is 79.5 Å². The van der Waals surface area contributed by atoms with Crippen LogP contribution in [0.3, 0.4) is 0 Å². The molecule has 1 saturated carbocycles. The molecule has 1 heterocycles. The minimum atomic E-state index is -5.08. The summed E-state index contributed by atoms with van der Waals surface area (Å²) in [5, 5.41) is 21.1. The molecule has 1 aliphatic carbocycles. The molecule has 47 heavy (non-hydrogen) atoms. The van der Waals surface area contributed by atoms with Gasteiger partial charge in [-0.1, -0.05) is 5.10 Å². The number of anilines is 2. The summed E-state index contributed by atoms with van der Waals surface area (Å²) in [5.74, 6) is -0.295. The lowest BCUT2D eigenvalue weighted by Gasteiger charge is -2.34. The molecule has 2 aromatic carbocycles. The fourth-order valence-electron chi connectivity index (χ4n) is 5.63. The van der Waals surface area contributed by atoms with Crippen molar-refractivity contribution in [3.63, 3.8) is 0 Å². The minimum absolute atomic E-state index is 0. The molecule has 0 amide bonds. The second kappa shape index (κ2) is 15.2. The number of aliphatic hydroxyl groups is 1. The molecule has 1 aliphatic rings. The van der Waals surface area contributed by atoms with E-state index in [-0.39, 0.29) is 60.5 Å². The van der Waals surface area contributed by atoms with Crippen LogP contribution in [0, 0.1) is 11.8 Å². The van der Waals surface area contributed by atoms with E-state index >= 15 is 0 Å². The highest BCUT2D eigenvalue weighted by molar-refractivity contribution is 5.85. The van der Waals surface area contributed by atoms with E-state index in [1.807, 2.05) is 11.8 Å². The summed E-state index contributed by atoms with van der Waals surface area (Å²) in [6.45, 7) is 2.04. The number of hydrogen-bond donors (Lipinski definition) is 1. The standard InChI is InChI=1S/C29H33F9N6O2.ClH/c1-3-43(14-18-4-6-19(17-45)7-5-18)25-9-8-24(46-29(36,37)38)12-21(25)16-44(26-39-41-42(2)40-26)15-20-10-22(27(30,31)32)13-23(11-20)28(33,34)35;/h8-13,18-19,45H,3-7,14-17H2,1-2H3;1H. The van der Waals surface area contributed by atoms with E-state index in [1.165, 1.54) is 18.0 Å². The van der Waals surface area contributed by atoms with E-state index in [0.717, 1.165) is 42.6 Å². The Morgan fingerprint density at radius 2 is 1.45 bits per heavy atom. The Balaban J connectivity index is 0.00000600. The van der Waals surface area contributed by atoms with Crippen molar-refractivity contribution < 1.29 is 49.4 Å². The molecular formula is C29H34ClF9N6O2. The van der Waals surface area contributed by atoms with Crippen molar-refractivity contribution in [3.05, 3.63) is 58.7 Å². The summed E-state index contributed by atoms with van der Waals surface area (Å²) < 4.78 is 125. The van der Waals surface area contributed by atoms with Gasteiger partial charge in [-0.2, -0.15) is 31.1 Å². The van der Waals surface area contributed by atoms with Crippen molar-refractivity contribution in [1.82, 2.24) is 20.2 Å². The molecule has 0 saturated heterocycles. The maximum Gasteiger partial charge on any atom is 0.573 e. The normalized spacial score (nSPS) is 17.3. The zero-order chi connectivity index (χ0) is 33.9. The van der Waals surface area contributed by atoms with Crippen LogP contribution in [-0.2, 0) is 32.5 Å². The van der Waals surface area contributed by atoms with Crippen molar-refractivity contribution in [3.8, 4) is 5.75 Å². The van der Waals surface area contributed by atoms with Crippen molar-refractivity contribution in [2.45, 2.75) is 64.4 Å². The minimum Gasteiger partial charge on any atom is -0.406 e. The summed E-state index contributed by atoms with van der Waals surface area (Å²) in [6, 6.07) is 4.87. The Morgan fingerprint density at radius 3 is 1.94 bits per heavy atom. The predicted octanol–water partition coefficient (Wildman–Crippen LogP) is 7.40. The molecule has 1 fully saturated rings. The van der Waals surface area contributed by atoms with Crippen molar-refractivity contribution in [2.75, 3.05) is 29.5 Å². The van der Waals surface area contributed by atoms with E-state index in [4.69, 9.17) is 0 Å². The lowest BCUT2D eigenvalue weighted by atomic mass is 9.82. The Morgan fingerprint density at radius 1 is 0.851 bits per heavy atom. The molecule has 0 aliphatic heterocycles. The summed E-state index contributed by atoms with van der Waals surface area (Å²) in [6.07, 6.45) is -11.9.